The fourth-order valence-corrected chi connectivity index (χ4v) is 2.43. The van der Waals surface area contributed by atoms with E-state index in [1.165, 1.54) is 0 Å². The van der Waals surface area contributed by atoms with Gasteiger partial charge in [0.05, 0.1) is 12.1 Å². The summed E-state index contributed by atoms with van der Waals surface area (Å²) in [7, 11) is 0. The maximum Gasteiger partial charge on any atom is 0.220 e. The predicted octanol–water partition coefficient (Wildman–Crippen LogP) is 1.28. The number of nitrogens with one attached hydrogen (secondary N) is 1. The van der Waals surface area contributed by atoms with Gasteiger partial charge >= 0.3 is 0 Å². The van der Waals surface area contributed by atoms with Crippen LogP contribution in [0.25, 0.3) is 0 Å². The average Bonchev–Trinajstić information content (AvgIpc) is 2.63. The van der Waals surface area contributed by atoms with Gasteiger partial charge in [0, 0.05) is 18.4 Å². The van der Waals surface area contributed by atoms with Crippen molar-refractivity contribution >= 4 is 5.91 Å². The number of hydrogen-bond acceptors (Lipinski definition) is 3. The highest BCUT2D eigenvalue weighted by molar-refractivity contribution is 5.76. The van der Waals surface area contributed by atoms with E-state index in [2.05, 4.69) is 5.32 Å². The molecule has 4 N–H and O–H groups in total. The van der Waals surface area contributed by atoms with Gasteiger partial charge in [-0.05, 0) is 31.4 Å². The smallest absolute Gasteiger partial charge is 0.220 e. The number of carbonyl (C=O) groups is 1. The summed E-state index contributed by atoms with van der Waals surface area (Å²) in [5.74, 6) is -0.0562. The molecular weight excluding hydrogens is 240 g/mol. The molecule has 0 saturated heterocycles. The molecule has 0 fully saturated rings. The Hall–Kier alpha value is -1.39. The second-order valence-electron chi connectivity index (χ2n) is 6.00. The van der Waals surface area contributed by atoms with E-state index in [0.717, 1.165) is 11.1 Å². The first-order valence-electron chi connectivity index (χ1n) is 6.71. The molecule has 1 aromatic rings. The lowest BCUT2D eigenvalue weighted by atomic mass is 9.99. The zero-order valence-electron chi connectivity index (χ0n) is 11.5. The second-order valence-corrected chi connectivity index (χ2v) is 6.00. The number of hydrogen-bond donors (Lipinski definition) is 3. The Morgan fingerprint density at radius 3 is 2.84 bits per heavy atom. The predicted molar refractivity (Wildman–Crippen MR) is 74.5 cm³/mol. The van der Waals surface area contributed by atoms with Gasteiger partial charge < -0.3 is 16.2 Å². The molecule has 4 nitrogen and oxygen atoms in total. The molecule has 0 heterocycles. The summed E-state index contributed by atoms with van der Waals surface area (Å²) in [5.41, 5.74) is 7.66. The molecular formula is C15H22N2O2. The zero-order chi connectivity index (χ0) is 14.0. The van der Waals surface area contributed by atoms with Gasteiger partial charge in [-0.25, -0.2) is 0 Å². The summed E-state index contributed by atoms with van der Waals surface area (Å²) in [4.78, 5) is 11.9. The summed E-state index contributed by atoms with van der Waals surface area (Å²) < 4.78 is 0. The Bertz CT molecular complexity index is 465. The number of rotatable bonds is 4. The highest BCUT2D eigenvalue weighted by Gasteiger charge is 2.31. The first-order valence-corrected chi connectivity index (χ1v) is 6.71. The average molecular weight is 262 g/mol. The molecule has 1 aliphatic rings. The highest BCUT2D eigenvalue weighted by Crippen LogP contribution is 2.31. The quantitative estimate of drug-likeness (QED) is 0.765. The lowest BCUT2D eigenvalue weighted by Crippen LogP contribution is -2.37. The molecule has 4 heteroatoms. The van der Waals surface area contributed by atoms with Gasteiger partial charge in [-0.1, -0.05) is 24.3 Å². The molecule has 0 aliphatic heterocycles. The van der Waals surface area contributed by atoms with Crippen molar-refractivity contribution in [3.63, 3.8) is 0 Å². The van der Waals surface area contributed by atoms with E-state index < -0.39 is 6.10 Å². The van der Waals surface area contributed by atoms with Crippen molar-refractivity contribution < 1.29 is 9.90 Å². The van der Waals surface area contributed by atoms with Gasteiger partial charge in [-0.2, -0.15) is 0 Å². The summed E-state index contributed by atoms with van der Waals surface area (Å²) in [6, 6.07) is 7.55. The molecule has 0 bridgehead atoms. The van der Waals surface area contributed by atoms with Crippen molar-refractivity contribution in [2.45, 2.75) is 50.8 Å². The lowest BCUT2D eigenvalue weighted by molar-refractivity contribution is -0.122. The van der Waals surface area contributed by atoms with Gasteiger partial charge in [0.1, 0.15) is 0 Å². The van der Waals surface area contributed by atoms with Crippen LogP contribution in [0, 0.1) is 0 Å². The van der Waals surface area contributed by atoms with Crippen molar-refractivity contribution in [3.8, 4) is 0 Å². The molecule has 0 unspecified atom stereocenters. The molecule has 19 heavy (non-hydrogen) atoms. The molecule has 0 spiro atoms. The van der Waals surface area contributed by atoms with Gasteiger partial charge in [0.2, 0.25) is 5.91 Å². The van der Waals surface area contributed by atoms with Crippen molar-refractivity contribution in [1.29, 1.82) is 0 Å². The third-order valence-corrected chi connectivity index (χ3v) is 3.52. The number of fused-ring (bicyclic) bond motifs is 1. The number of benzene rings is 1. The van der Waals surface area contributed by atoms with Crippen molar-refractivity contribution in [1.82, 2.24) is 5.32 Å². The maximum atomic E-state index is 11.9. The number of carbonyl (C=O) groups excluding carboxylic acids is 1. The van der Waals surface area contributed by atoms with Gasteiger partial charge in [0.15, 0.2) is 0 Å². The fourth-order valence-electron chi connectivity index (χ4n) is 2.43. The monoisotopic (exact) mass is 262 g/mol. The first-order chi connectivity index (χ1) is 8.87. The van der Waals surface area contributed by atoms with Crippen LogP contribution < -0.4 is 11.1 Å². The van der Waals surface area contributed by atoms with Gasteiger partial charge in [0.25, 0.3) is 0 Å². The van der Waals surface area contributed by atoms with Crippen LogP contribution in [0.15, 0.2) is 24.3 Å². The summed E-state index contributed by atoms with van der Waals surface area (Å²) >= 11 is 0. The normalized spacial score (nSPS) is 22.1. The summed E-state index contributed by atoms with van der Waals surface area (Å²) in [6.07, 6.45) is 1.08. The van der Waals surface area contributed by atoms with Crippen LogP contribution in [0.4, 0.5) is 0 Å². The SMILES string of the molecule is CC(C)(N)CCC(=O)N[C@H]1c2ccccc2C[C@H]1O. The van der Waals surface area contributed by atoms with Crippen LogP contribution in [0.1, 0.15) is 43.9 Å². The summed E-state index contributed by atoms with van der Waals surface area (Å²) in [6.45, 7) is 3.81. The molecule has 2 atom stereocenters. The zero-order valence-corrected chi connectivity index (χ0v) is 11.5. The first kappa shape index (κ1) is 14.0. The van der Waals surface area contributed by atoms with Gasteiger partial charge in [-0.3, -0.25) is 4.79 Å². The maximum absolute atomic E-state index is 11.9. The topological polar surface area (TPSA) is 75.4 Å². The molecule has 1 aliphatic carbocycles. The third-order valence-electron chi connectivity index (χ3n) is 3.52. The van der Waals surface area contributed by atoms with E-state index in [0.29, 0.717) is 19.3 Å². The van der Waals surface area contributed by atoms with E-state index in [9.17, 15) is 9.90 Å². The van der Waals surface area contributed by atoms with E-state index in [4.69, 9.17) is 5.73 Å². The Morgan fingerprint density at radius 2 is 2.16 bits per heavy atom. The van der Waals surface area contributed by atoms with Crippen LogP contribution in [-0.4, -0.2) is 22.7 Å². The van der Waals surface area contributed by atoms with Crippen molar-refractivity contribution in [2.24, 2.45) is 5.73 Å². The number of aliphatic hydroxyl groups is 1. The number of aliphatic hydroxyl groups excluding tert-OH is 1. The van der Waals surface area contributed by atoms with E-state index >= 15 is 0 Å². The number of amides is 1. The Balaban J connectivity index is 1.98. The molecule has 1 aromatic carbocycles. The molecule has 0 saturated carbocycles. The molecule has 0 radical (unpaired) electrons. The van der Waals surface area contributed by atoms with E-state index in [1.807, 2.05) is 38.1 Å². The fraction of sp³-hybridized carbons (Fsp3) is 0.533. The highest BCUT2D eigenvalue weighted by atomic mass is 16.3. The standard InChI is InChI=1S/C15H22N2O2/c1-15(2,16)8-7-13(19)17-14-11-6-4-3-5-10(11)9-12(14)18/h3-6,12,14,18H,7-9,16H2,1-2H3,(H,17,19)/t12-,14+/m1/s1. The molecule has 0 aromatic heterocycles. The Labute approximate surface area is 114 Å². The van der Waals surface area contributed by atoms with Crippen LogP contribution in [0.3, 0.4) is 0 Å². The lowest BCUT2D eigenvalue weighted by Gasteiger charge is -2.21. The Morgan fingerprint density at radius 1 is 1.47 bits per heavy atom. The number of nitrogens with two attached hydrogens (primary N) is 1. The minimum absolute atomic E-state index is 0.0562. The van der Waals surface area contributed by atoms with Crippen LogP contribution in [-0.2, 0) is 11.2 Å². The third kappa shape index (κ3) is 3.55. The van der Waals surface area contributed by atoms with Crippen LogP contribution in [0.2, 0.25) is 0 Å². The largest absolute Gasteiger partial charge is 0.390 e. The molecule has 1 amide bonds. The minimum Gasteiger partial charge on any atom is -0.390 e. The van der Waals surface area contributed by atoms with E-state index in [-0.39, 0.29) is 17.5 Å². The molecule has 2 rings (SSSR count). The van der Waals surface area contributed by atoms with Crippen LogP contribution in [0.5, 0.6) is 0 Å². The second kappa shape index (κ2) is 5.31. The van der Waals surface area contributed by atoms with E-state index in [1.54, 1.807) is 0 Å². The Kier molecular flexibility index (Phi) is 3.92. The van der Waals surface area contributed by atoms with Crippen LogP contribution >= 0.6 is 0 Å². The summed E-state index contributed by atoms with van der Waals surface area (Å²) in [5, 5.41) is 13.0. The molecule has 104 valence electrons. The van der Waals surface area contributed by atoms with Crippen molar-refractivity contribution in [3.05, 3.63) is 35.4 Å². The minimum atomic E-state index is -0.535. The van der Waals surface area contributed by atoms with Crippen molar-refractivity contribution in [2.75, 3.05) is 0 Å². The van der Waals surface area contributed by atoms with Gasteiger partial charge in [-0.15, -0.1) is 0 Å².